The van der Waals surface area contributed by atoms with Crippen molar-refractivity contribution in [2.24, 2.45) is 0 Å². The lowest BCUT2D eigenvalue weighted by molar-refractivity contribution is 0.140. The van der Waals surface area contributed by atoms with Gasteiger partial charge in [0.25, 0.3) is 0 Å². The lowest BCUT2D eigenvalue weighted by Crippen LogP contribution is -2.31. The summed E-state index contributed by atoms with van der Waals surface area (Å²) in [5.41, 5.74) is 2.06. The molecule has 0 aliphatic heterocycles. The maximum Gasteiger partial charge on any atom is 0.407 e. The standard InChI is InChI=1S/C17H18N4O4S/c22-17(25-13-14-4-2-1-3-5-14)18-9-11-26(23,24)20-15-7-10-21-16(12-15)6-8-19-21/h1-8,10,12,20H,9,11,13H2,(H,18,22). The predicted octanol–water partition coefficient (Wildman–Crippen LogP) is 2.00. The fraction of sp³-hybridized carbons (Fsp3) is 0.176. The van der Waals surface area contributed by atoms with Crippen LogP contribution in [0, 0.1) is 0 Å². The highest BCUT2D eigenvalue weighted by Gasteiger charge is 2.12. The molecule has 3 rings (SSSR count). The number of nitrogens with one attached hydrogen (secondary N) is 2. The highest BCUT2D eigenvalue weighted by molar-refractivity contribution is 7.92. The zero-order valence-corrected chi connectivity index (χ0v) is 14.6. The summed E-state index contributed by atoms with van der Waals surface area (Å²) >= 11 is 0. The van der Waals surface area contributed by atoms with Crippen LogP contribution in [0.15, 0.2) is 60.9 Å². The third kappa shape index (κ3) is 4.96. The second kappa shape index (κ2) is 7.87. The number of carbonyl (C=O) groups is 1. The molecule has 0 spiro atoms. The Morgan fingerprint density at radius 1 is 1.15 bits per heavy atom. The molecule has 2 heterocycles. The molecule has 136 valence electrons. The average molecular weight is 374 g/mol. The Hall–Kier alpha value is -3.07. The van der Waals surface area contributed by atoms with Crippen LogP contribution < -0.4 is 10.0 Å². The maximum absolute atomic E-state index is 12.1. The van der Waals surface area contributed by atoms with Crippen LogP contribution in [-0.2, 0) is 21.4 Å². The van der Waals surface area contributed by atoms with Crippen molar-refractivity contribution >= 4 is 27.3 Å². The van der Waals surface area contributed by atoms with Crippen LogP contribution in [0.25, 0.3) is 5.52 Å². The van der Waals surface area contributed by atoms with Gasteiger partial charge in [-0.2, -0.15) is 5.10 Å². The molecule has 26 heavy (non-hydrogen) atoms. The van der Waals surface area contributed by atoms with Crippen LogP contribution in [0.3, 0.4) is 0 Å². The first-order chi connectivity index (χ1) is 12.5. The predicted molar refractivity (Wildman–Crippen MR) is 97.2 cm³/mol. The lowest BCUT2D eigenvalue weighted by Gasteiger charge is -2.10. The van der Waals surface area contributed by atoms with Gasteiger partial charge >= 0.3 is 6.09 Å². The summed E-state index contributed by atoms with van der Waals surface area (Å²) in [6, 6.07) is 14.3. The number of sulfonamides is 1. The molecule has 0 saturated heterocycles. The van der Waals surface area contributed by atoms with Crippen molar-refractivity contribution in [3.05, 3.63) is 66.5 Å². The number of anilines is 1. The van der Waals surface area contributed by atoms with Crippen molar-refractivity contribution < 1.29 is 17.9 Å². The van der Waals surface area contributed by atoms with Gasteiger partial charge in [0.1, 0.15) is 6.61 Å². The summed E-state index contributed by atoms with van der Waals surface area (Å²) in [4.78, 5) is 11.6. The summed E-state index contributed by atoms with van der Waals surface area (Å²) in [5.74, 6) is -0.266. The first-order valence-corrected chi connectivity index (χ1v) is 9.55. The van der Waals surface area contributed by atoms with E-state index in [1.165, 1.54) is 0 Å². The van der Waals surface area contributed by atoms with Crippen molar-refractivity contribution in [3.8, 4) is 0 Å². The summed E-state index contributed by atoms with van der Waals surface area (Å²) in [6.45, 7) is 0.0704. The first-order valence-electron chi connectivity index (χ1n) is 7.90. The first kappa shape index (κ1) is 17.7. The zero-order valence-electron chi connectivity index (χ0n) is 13.8. The fourth-order valence-electron chi connectivity index (χ4n) is 2.28. The van der Waals surface area contributed by atoms with E-state index in [0.29, 0.717) is 5.69 Å². The van der Waals surface area contributed by atoms with Crippen LogP contribution in [0.1, 0.15) is 5.56 Å². The molecule has 0 saturated carbocycles. The van der Waals surface area contributed by atoms with E-state index >= 15 is 0 Å². The minimum atomic E-state index is -3.60. The fourth-order valence-corrected chi connectivity index (χ4v) is 3.24. The van der Waals surface area contributed by atoms with Gasteiger partial charge in [-0.15, -0.1) is 0 Å². The second-order valence-corrected chi connectivity index (χ2v) is 7.37. The minimum Gasteiger partial charge on any atom is -0.445 e. The second-order valence-electron chi connectivity index (χ2n) is 5.53. The van der Waals surface area contributed by atoms with Crippen LogP contribution >= 0.6 is 0 Å². The quantitative estimate of drug-likeness (QED) is 0.659. The topological polar surface area (TPSA) is 102 Å². The molecule has 0 fully saturated rings. The Morgan fingerprint density at radius 2 is 1.96 bits per heavy atom. The smallest absolute Gasteiger partial charge is 0.407 e. The summed E-state index contributed by atoms with van der Waals surface area (Å²) < 4.78 is 33.3. The summed E-state index contributed by atoms with van der Waals surface area (Å²) in [6.07, 6.45) is 2.62. The Morgan fingerprint density at radius 3 is 2.77 bits per heavy atom. The molecule has 0 unspecified atom stereocenters. The van der Waals surface area contributed by atoms with E-state index in [9.17, 15) is 13.2 Å². The maximum atomic E-state index is 12.1. The van der Waals surface area contributed by atoms with Crippen molar-refractivity contribution in [1.82, 2.24) is 14.9 Å². The monoisotopic (exact) mass is 374 g/mol. The van der Waals surface area contributed by atoms with Crippen molar-refractivity contribution in [2.75, 3.05) is 17.0 Å². The van der Waals surface area contributed by atoms with Crippen molar-refractivity contribution in [1.29, 1.82) is 0 Å². The van der Waals surface area contributed by atoms with Gasteiger partial charge in [0.05, 0.1) is 17.0 Å². The minimum absolute atomic E-state index is 0.0577. The molecule has 3 aromatic rings. The molecule has 0 atom stereocenters. The number of fused-ring (bicyclic) bond motifs is 1. The molecule has 0 aliphatic carbocycles. The van der Waals surface area contributed by atoms with Gasteiger partial charge in [-0.1, -0.05) is 30.3 Å². The molecule has 1 amide bonds. The number of aromatic nitrogens is 2. The number of alkyl carbamates (subject to hydrolysis) is 1. The van der Waals surface area contributed by atoms with Crippen LogP contribution in [0.4, 0.5) is 10.5 Å². The molecule has 1 aromatic carbocycles. The summed E-state index contributed by atoms with van der Waals surface area (Å²) in [7, 11) is -3.60. The van der Waals surface area contributed by atoms with Gasteiger partial charge < -0.3 is 10.1 Å². The molecule has 2 N–H and O–H groups in total. The molecule has 9 heteroatoms. The average Bonchev–Trinajstić information content (AvgIpc) is 3.08. The van der Waals surface area contributed by atoms with Crippen molar-refractivity contribution in [3.63, 3.8) is 0 Å². The SMILES string of the molecule is O=C(NCCS(=O)(=O)Nc1ccn2nccc2c1)OCc1ccccc1. The molecule has 0 bridgehead atoms. The lowest BCUT2D eigenvalue weighted by atomic mass is 10.2. The number of hydrogen-bond donors (Lipinski definition) is 2. The zero-order chi connectivity index (χ0) is 18.4. The van der Waals surface area contributed by atoms with E-state index in [1.54, 1.807) is 35.1 Å². The van der Waals surface area contributed by atoms with E-state index in [1.807, 2.05) is 30.3 Å². The molecule has 2 aromatic heterocycles. The number of hydrogen-bond acceptors (Lipinski definition) is 5. The Kier molecular flexibility index (Phi) is 5.37. The Bertz CT molecular complexity index is 986. The van der Waals surface area contributed by atoms with Crippen LogP contribution in [-0.4, -0.2) is 36.4 Å². The number of nitrogens with zero attached hydrogens (tertiary/aromatic N) is 2. The Balaban J connectivity index is 1.44. The van der Waals surface area contributed by atoms with E-state index in [0.717, 1.165) is 11.1 Å². The number of amides is 1. The van der Waals surface area contributed by atoms with Crippen LogP contribution in [0.2, 0.25) is 0 Å². The van der Waals surface area contributed by atoms with E-state index in [4.69, 9.17) is 4.74 Å². The molecule has 0 aliphatic rings. The number of ether oxygens (including phenoxy) is 1. The third-order valence-electron chi connectivity index (χ3n) is 3.53. The third-order valence-corrected chi connectivity index (χ3v) is 4.81. The molecule has 0 radical (unpaired) electrons. The van der Waals surface area contributed by atoms with Gasteiger partial charge in [0.2, 0.25) is 10.0 Å². The van der Waals surface area contributed by atoms with Crippen molar-refractivity contribution in [2.45, 2.75) is 6.61 Å². The van der Waals surface area contributed by atoms with Gasteiger partial charge in [0.15, 0.2) is 0 Å². The van der Waals surface area contributed by atoms with Gasteiger partial charge in [-0.05, 0) is 23.8 Å². The van der Waals surface area contributed by atoms with Gasteiger partial charge in [-0.3, -0.25) is 4.72 Å². The van der Waals surface area contributed by atoms with Crippen LogP contribution in [0.5, 0.6) is 0 Å². The van der Waals surface area contributed by atoms with Gasteiger partial charge in [-0.25, -0.2) is 17.7 Å². The highest BCUT2D eigenvalue weighted by atomic mass is 32.2. The van der Waals surface area contributed by atoms with E-state index in [-0.39, 0.29) is 18.9 Å². The van der Waals surface area contributed by atoms with E-state index < -0.39 is 16.1 Å². The molecule has 8 nitrogen and oxygen atoms in total. The van der Waals surface area contributed by atoms with E-state index in [2.05, 4.69) is 15.1 Å². The Labute approximate surface area is 150 Å². The highest BCUT2D eigenvalue weighted by Crippen LogP contribution is 2.13. The number of carbonyl (C=O) groups excluding carboxylic acids is 1. The molecular weight excluding hydrogens is 356 g/mol. The van der Waals surface area contributed by atoms with Gasteiger partial charge in [0, 0.05) is 18.9 Å². The number of benzene rings is 1. The number of pyridine rings is 1. The summed E-state index contributed by atoms with van der Waals surface area (Å²) in [5, 5.41) is 6.47. The molecular formula is C17H18N4O4S. The number of rotatable bonds is 7. The largest absolute Gasteiger partial charge is 0.445 e. The normalized spacial score (nSPS) is 11.2.